The summed E-state index contributed by atoms with van der Waals surface area (Å²) >= 11 is 0.629. The first-order valence-corrected chi connectivity index (χ1v) is 11.1. The molecule has 1 aromatic heterocycles. The van der Waals surface area contributed by atoms with Crippen molar-refractivity contribution in [2.45, 2.75) is 50.7 Å². The number of benzene rings is 1. The summed E-state index contributed by atoms with van der Waals surface area (Å²) in [5.74, 6) is -1.04. The number of aliphatic hydroxyl groups excluding tert-OH is 1. The predicted octanol–water partition coefficient (Wildman–Crippen LogP) is 4.67. The van der Waals surface area contributed by atoms with Crippen LogP contribution in [-0.4, -0.2) is 46.6 Å². The van der Waals surface area contributed by atoms with E-state index in [0.29, 0.717) is 43.8 Å². The van der Waals surface area contributed by atoms with Gasteiger partial charge in [-0.15, -0.1) is 11.3 Å². The number of carbonyl (C=O) groups is 1. The number of aliphatic hydroxyl groups is 1. The Balaban J connectivity index is 1.73. The fourth-order valence-corrected chi connectivity index (χ4v) is 4.52. The lowest BCUT2D eigenvalue weighted by Gasteiger charge is -2.29. The molecule has 12 heteroatoms. The van der Waals surface area contributed by atoms with Crippen molar-refractivity contribution in [3.05, 3.63) is 51.0 Å². The number of rotatable bonds is 6. The second kappa shape index (κ2) is 9.98. The fourth-order valence-electron chi connectivity index (χ4n) is 3.54. The molecule has 0 bridgehead atoms. The molecule has 1 atom stereocenters. The lowest BCUT2D eigenvalue weighted by Crippen LogP contribution is -2.37. The van der Waals surface area contributed by atoms with Gasteiger partial charge in [-0.3, -0.25) is 4.79 Å². The maximum absolute atomic E-state index is 13.5. The SMILES string of the molecule is CC(NC(=O)c1sc(CCN2CCC(O)CC2)nc1C(F)(F)F)c1cccc(C(F)(F)F)c1. The number of amides is 1. The Kier molecular flexibility index (Phi) is 7.69. The van der Waals surface area contributed by atoms with E-state index in [9.17, 15) is 36.2 Å². The van der Waals surface area contributed by atoms with Crippen LogP contribution in [0.4, 0.5) is 26.3 Å². The van der Waals surface area contributed by atoms with Gasteiger partial charge in [-0.05, 0) is 37.5 Å². The van der Waals surface area contributed by atoms with Crippen LogP contribution in [0.3, 0.4) is 0 Å². The Hall–Kier alpha value is -2.18. The quantitative estimate of drug-likeness (QED) is 0.572. The highest BCUT2D eigenvalue weighted by Crippen LogP contribution is 2.35. The number of nitrogens with one attached hydrogen (secondary N) is 1. The van der Waals surface area contributed by atoms with Gasteiger partial charge in [0, 0.05) is 26.1 Å². The highest BCUT2D eigenvalue weighted by atomic mass is 32.1. The molecule has 1 unspecified atom stereocenters. The van der Waals surface area contributed by atoms with Gasteiger partial charge in [-0.1, -0.05) is 12.1 Å². The summed E-state index contributed by atoms with van der Waals surface area (Å²) in [6, 6.07) is 3.30. The van der Waals surface area contributed by atoms with Crippen molar-refractivity contribution in [2.75, 3.05) is 19.6 Å². The molecule has 0 aliphatic carbocycles. The van der Waals surface area contributed by atoms with Crippen molar-refractivity contribution in [3.8, 4) is 0 Å². The largest absolute Gasteiger partial charge is 0.435 e. The summed E-state index contributed by atoms with van der Waals surface area (Å²) < 4.78 is 79.3. The van der Waals surface area contributed by atoms with Crippen LogP contribution < -0.4 is 5.32 Å². The smallest absolute Gasteiger partial charge is 0.393 e. The van der Waals surface area contributed by atoms with Crippen molar-refractivity contribution >= 4 is 17.2 Å². The Morgan fingerprint density at radius 1 is 1.21 bits per heavy atom. The molecule has 1 aliphatic rings. The fraction of sp³-hybridized carbons (Fsp3) is 0.524. The minimum absolute atomic E-state index is 0.115. The van der Waals surface area contributed by atoms with Gasteiger partial charge >= 0.3 is 12.4 Å². The molecule has 2 N–H and O–H groups in total. The van der Waals surface area contributed by atoms with Crippen molar-refractivity contribution < 1.29 is 36.2 Å². The van der Waals surface area contributed by atoms with Crippen LogP contribution in [0.1, 0.15) is 57.3 Å². The first kappa shape index (κ1) is 25.4. The monoisotopic (exact) mass is 495 g/mol. The third-order valence-electron chi connectivity index (χ3n) is 5.41. The van der Waals surface area contributed by atoms with E-state index in [2.05, 4.69) is 10.3 Å². The van der Waals surface area contributed by atoms with Gasteiger partial charge in [0.25, 0.3) is 5.91 Å². The van der Waals surface area contributed by atoms with E-state index in [0.717, 1.165) is 12.1 Å². The van der Waals surface area contributed by atoms with E-state index in [1.165, 1.54) is 19.1 Å². The Bertz CT molecular complexity index is 968. The topological polar surface area (TPSA) is 65.5 Å². The van der Waals surface area contributed by atoms with Crippen LogP contribution in [0.25, 0.3) is 0 Å². The first-order chi connectivity index (χ1) is 15.3. The molecule has 5 nitrogen and oxygen atoms in total. The van der Waals surface area contributed by atoms with E-state index >= 15 is 0 Å². The van der Waals surface area contributed by atoms with Gasteiger partial charge in [0.05, 0.1) is 22.7 Å². The van der Waals surface area contributed by atoms with Crippen LogP contribution >= 0.6 is 11.3 Å². The normalized spacial score (nSPS) is 17.2. The van der Waals surface area contributed by atoms with Gasteiger partial charge < -0.3 is 15.3 Å². The first-order valence-electron chi connectivity index (χ1n) is 10.3. The zero-order valence-electron chi connectivity index (χ0n) is 17.6. The van der Waals surface area contributed by atoms with Crippen LogP contribution in [-0.2, 0) is 18.8 Å². The molecule has 2 aromatic rings. The van der Waals surface area contributed by atoms with Gasteiger partial charge in [0.2, 0.25) is 0 Å². The van der Waals surface area contributed by atoms with E-state index in [-0.39, 0.29) is 23.1 Å². The number of thiazole rings is 1. The summed E-state index contributed by atoms with van der Waals surface area (Å²) in [5, 5.41) is 12.0. The Labute approximate surface area is 190 Å². The molecular weight excluding hydrogens is 472 g/mol. The summed E-state index contributed by atoms with van der Waals surface area (Å²) in [6.45, 7) is 3.09. The number of aromatic nitrogens is 1. The van der Waals surface area contributed by atoms with E-state index < -0.39 is 40.4 Å². The molecule has 33 heavy (non-hydrogen) atoms. The zero-order chi connectivity index (χ0) is 24.4. The predicted molar refractivity (Wildman–Crippen MR) is 110 cm³/mol. The van der Waals surface area contributed by atoms with Gasteiger partial charge in [0.15, 0.2) is 5.69 Å². The third kappa shape index (κ3) is 6.67. The van der Waals surface area contributed by atoms with E-state index in [1.807, 2.05) is 4.90 Å². The van der Waals surface area contributed by atoms with Crippen LogP contribution in [0, 0.1) is 0 Å². The number of alkyl halides is 6. The van der Waals surface area contributed by atoms with Gasteiger partial charge in [0.1, 0.15) is 4.88 Å². The second-order valence-electron chi connectivity index (χ2n) is 7.92. The zero-order valence-corrected chi connectivity index (χ0v) is 18.4. The molecule has 1 aliphatic heterocycles. The molecule has 182 valence electrons. The third-order valence-corrected chi connectivity index (χ3v) is 6.52. The number of hydrogen-bond donors (Lipinski definition) is 2. The highest BCUT2D eigenvalue weighted by Gasteiger charge is 2.40. The Morgan fingerprint density at radius 3 is 2.48 bits per heavy atom. The minimum Gasteiger partial charge on any atom is -0.393 e. The lowest BCUT2D eigenvalue weighted by atomic mass is 10.0. The number of hydrogen-bond acceptors (Lipinski definition) is 5. The average Bonchev–Trinajstić information content (AvgIpc) is 3.18. The number of likely N-dealkylation sites (tertiary alicyclic amines) is 1. The molecule has 1 aromatic carbocycles. The molecular formula is C21H23F6N3O2S. The van der Waals surface area contributed by atoms with Crippen LogP contribution in [0.5, 0.6) is 0 Å². The maximum Gasteiger partial charge on any atom is 0.435 e. The maximum atomic E-state index is 13.5. The number of halogens is 6. The van der Waals surface area contributed by atoms with Crippen LogP contribution in [0.15, 0.2) is 24.3 Å². The molecule has 1 amide bonds. The summed E-state index contributed by atoms with van der Waals surface area (Å²) in [7, 11) is 0. The lowest BCUT2D eigenvalue weighted by molar-refractivity contribution is -0.141. The molecule has 0 radical (unpaired) electrons. The van der Waals surface area contributed by atoms with Gasteiger partial charge in [-0.25, -0.2) is 4.98 Å². The molecule has 3 rings (SSSR count). The van der Waals surface area contributed by atoms with Gasteiger partial charge in [-0.2, -0.15) is 26.3 Å². The molecule has 2 heterocycles. The van der Waals surface area contributed by atoms with Crippen molar-refractivity contribution in [1.82, 2.24) is 15.2 Å². The van der Waals surface area contributed by atoms with E-state index in [1.54, 1.807) is 0 Å². The molecule has 1 fully saturated rings. The van der Waals surface area contributed by atoms with Crippen LogP contribution in [0.2, 0.25) is 0 Å². The molecule has 1 saturated heterocycles. The number of nitrogens with zero attached hydrogens (tertiary/aromatic N) is 2. The Morgan fingerprint density at radius 2 is 1.88 bits per heavy atom. The summed E-state index contributed by atoms with van der Waals surface area (Å²) in [5.41, 5.74) is -2.10. The number of carbonyl (C=O) groups excluding carboxylic acids is 1. The summed E-state index contributed by atoms with van der Waals surface area (Å²) in [4.78, 5) is 17.7. The molecule has 0 saturated carbocycles. The standard InChI is InChI=1S/C21H23F6N3O2S/c1-12(13-3-2-4-14(11-13)20(22,23)24)28-19(32)17-18(21(25,26)27)29-16(33-17)7-10-30-8-5-15(31)6-9-30/h2-4,11-12,15,31H,5-10H2,1H3,(H,28,32). The number of piperidine rings is 1. The van der Waals surface area contributed by atoms with Crippen molar-refractivity contribution in [3.63, 3.8) is 0 Å². The highest BCUT2D eigenvalue weighted by molar-refractivity contribution is 7.13. The molecule has 0 spiro atoms. The van der Waals surface area contributed by atoms with Crippen molar-refractivity contribution in [1.29, 1.82) is 0 Å². The minimum atomic E-state index is -4.85. The average molecular weight is 495 g/mol. The van der Waals surface area contributed by atoms with E-state index in [4.69, 9.17) is 0 Å². The second-order valence-corrected chi connectivity index (χ2v) is 9.01. The van der Waals surface area contributed by atoms with Crippen molar-refractivity contribution in [2.24, 2.45) is 0 Å². The summed E-state index contributed by atoms with van der Waals surface area (Å²) in [6.07, 6.45) is -8.41.